The summed E-state index contributed by atoms with van der Waals surface area (Å²) in [5.74, 6) is -0.661. The van der Waals surface area contributed by atoms with Gasteiger partial charge < -0.3 is 5.11 Å². The summed E-state index contributed by atoms with van der Waals surface area (Å²) in [6, 6.07) is 7.01. The molecule has 0 bridgehead atoms. The molecule has 1 rings (SSSR count). The Kier molecular flexibility index (Phi) is 11.6. The van der Waals surface area contributed by atoms with E-state index < -0.39 is 5.97 Å². The summed E-state index contributed by atoms with van der Waals surface area (Å²) < 4.78 is 0. The number of halogens is 1. The molecule has 21 heavy (non-hydrogen) atoms. The maximum atomic E-state index is 10.8. The number of hydrogen-bond donors (Lipinski definition) is 1. The summed E-state index contributed by atoms with van der Waals surface area (Å²) in [6.45, 7) is 3.68. The van der Waals surface area contributed by atoms with E-state index in [1.165, 1.54) is 32.6 Å². The van der Waals surface area contributed by atoms with E-state index in [9.17, 15) is 9.59 Å². The molecule has 0 saturated heterocycles. The lowest BCUT2D eigenvalue weighted by atomic mass is 10.1. The van der Waals surface area contributed by atoms with Crippen molar-refractivity contribution >= 4 is 23.4 Å². The van der Waals surface area contributed by atoms with Crippen LogP contribution in [0.5, 0.6) is 0 Å². The monoisotopic (exact) mass is 312 g/mol. The summed E-state index contributed by atoms with van der Waals surface area (Å²) in [5.41, 5.74) is 0.587. The van der Waals surface area contributed by atoms with E-state index in [0.29, 0.717) is 17.0 Å². The highest BCUT2D eigenvalue weighted by atomic mass is 35.5. The molecule has 1 aromatic rings. The van der Waals surface area contributed by atoms with Crippen molar-refractivity contribution in [3.05, 3.63) is 34.9 Å². The summed E-state index contributed by atoms with van der Waals surface area (Å²) >= 11 is 5.70. The average molecular weight is 313 g/mol. The van der Waals surface area contributed by atoms with E-state index >= 15 is 0 Å². The molecule has 4 heteroatoms. The number of carboxylic acids is 1. The zero-order chi connectivity index (χ0) is 16.1. The van der Waals surface area contributed by atoms with Crippen LogP contribution < -0.4 is 0 Å². The molecule has 0 aliphatic rings. The van der Waals surface area contributed by atoms with Crippen molar-refractivity contribution < 1.29 is 14.7 Å². The summed E-state index contributed by atoms with van der Waals surface area (Å²) in [6.07, 6.45) is 7.25. The van der Waals surface area contributed by atoms with Gasteiger partial charge in [-0.05, 0) is 25.5 Å². The molecule has 0 heterocycles. The minimum absolute atomic E-state index is 0.00519. The molecular weight excluding hydrogens is 288 g/mol. The largest absolute Gasteiger partial charge is 0.481 e. The van der Waals surface area contributed by atoms with Crippen molar-refractivity contribution in [3.63, 3.8) is 0 Å². The average Bonchev–Trinajstić information content (AvgIpc) is 2.43. The Labute approximate surface area is 132 Å². The normalized spacial score (nSPS) is 9.67. The first-order chi connectivity index (χ1) is 9.99. The Morgan fingerprint density at radius 3 is 2.10 bits per heavy atom. The quantitative estimate of drug-likeness (QED) is 0.519. The maximum Gasteiger partial charge on any atom is 0.303 e. The number of carbonyl (C=O) groups excluding carboxylic acids is 1. The van der Waals surface area contributed by atoms with Gasteiger partial charge in [0.25, 0.3) is 0 Å². The second-order valence-electron chi connectivity index (χ2n) is 4.95. The third kappa shape index (κ3) is 11.0. The Morgan fingerprint density at radius 1 is 1.05 bits per heavy atom. The molecule has 0 aromatic heterocycles. The van der Waals surface area contributed by atoms with Crippen LogP contribution in [0.25, 0.3) is 0 Å². The number of carbonyl (C=O) groups is 2. The smallest absolute Gasteiger partial charge is 0.303 e. The number of hydrogen-bond acceptors (Lipinski definition) is 2. The second kappa shape index (κ2) is 12.4. The first-order valence-corrected chi connectivity index (χ1v) is 7.84. The molecule has 0 spiro atoms. The van der Waals surface area contributed by atoms with Crippen LogP contribution in [0.15, 0.2) is 24.3 Å². The van der Waals surface area contributed by atoms with Crippen LogP contribution in [0.3, 0.4) is 0 Å². The molecule has 0 aliphatic carbocycles. The molecule has 0 aliphatic heterocycles. The van der Waals surface area contributed by atoms with E-state index in [-0.39, 0.29) is 5.78 Å². The summed E-state index contributed by atoms with van der Waals surface area (Å²) in [4.78, 5) is 20.9. The zero-order valence-corrected chi connectivity index (χ0v) is 13.7. The Bertz CT molecular complexity index is 430. The lowest BCUT2D eigenvalue weighted by Gasteiger charge is -1.97. The molecule has 0 radical (unpaired) electrons. The third-order valence-electron chi connectivity index (χ3n) is 3.00. The minimum Gasteiger partial charge on any atom is -0.481 e. The first-order valence-electron chi connectivity index (χ1n) is 7.46. The SMILES string of the molecule is CC(=O)c1ccccc1Cl.CCCCCCCCC(=O)O. The predicted octanol–water partition coefficient (Wildman–Crippen LogP) is 5.36. The number of carboxylic acid groups (broad SMARTS) is 1. The molecule has 1 N–H and O–H groups in total. The van der Waals surface area contributed by atoms with Gasteiger partial charge in [0, 0.05) is 12.0 Å². The van der Waals surface area contributed by atoms with Gasteiger partial charge in [0.1, 0.15) is 0 Å². The summed E-state index contributed by atoms with van der Waals surface area (Å²) in [5, 5.41) is 8.84. The van der Waals surface area contributed by atoms with Gasteiger partial charge in [-0.1, -0.05) is 62.8 Å². The standard InChI is InChI=1S/C9H18O2.C8H7ClO/c1-2-3-4-5-6-7-8-9(10)11;1-6(10)7-4-2-3-5-8(7)9/h2-8H2,1H3,(H,10,11);2-5H,1H3. The van der Waals surface area contributed by atoms with Crippen LogP contribution in [0.1, 0.15) is 69.2 Å². The van der Waals surface area contributed by atoms with Crippen LogP contribution in [-0.4, -0.2) is 16.9 Å². The molecule has 3 nitrogen and oxygen atoms in total. The highest BCUT2D eigenvalue weighted by molar-refractivity contribution is 6.33. The van der Waals surface area contributed by atoms with Crippen LogP contribution in [-0.2, 0) is 4.79 Å². The van der Waals surface area contributed by atoms with Crippen LogP contribution in [0.2, 0.25) is 5.02 Å². The van der Waals surface area contributed by atoms with Gasteiger partial charge in [-0.15, -0.1) is 0 Å². The fourth-order valence-corrected chi connectivity index (χ4v) is 2.07. The van der Waals surface area contributed by atoms with Crippen LogP contribution >= 0.6 is 11.6 Å². The second-order valence-corrected chi connectivity index (χ2v) is 5.35. The van der Waals surface area contributed by atoms with Crippen molar-refractivity contribution in [2.45, 2.75) is 58.8 Å². The van der Waals surface area contributed by atoms with E-state index in [1.54, 1.807) is 24.3 Å². The molecule has 1 aromatic carbocycles. The van der Waals surface area contributed by atoms with E-state index in [2.05, 4.69) is 6.92 Å². The van der Waals surface area contributed by atoms with Crippen LogP contribution in [0.4, 0.5) is 0 Å². The molecule has 0 fully saturated rings. The molecule has 0 saturated carbocycles. The van der Waals surface area contributed by atoms with E-state index in [0.717, 1.165) is 12.8 Å². The lowest BCUT2D eigenvalue weighted by Crippen LogP contribution is -1.93. The maximum absolute atomic E-state index is 10.8. The first kappa shape index (κ1) is 19.7. The Hall–Kier alpha value is -1.35. The van der Waals surface area contributed by atoms with Gasteiger partial charge in [-0.2, -0.15) is 0 Å². The van der Waals surface area contributed by atoms with Crippen molar-refractivity contribution in [1.29, 1.82) is 0 Å². The minimum atomic E-state index is -0.666. The number of unbranched alkanes of at least 4 members (excludes halogenated alkanes) is 5. The highest BCUT2D eigenvalue weighted by Gasteiger charge is 2.01. The Balaban J connectivity index is 0.000000382. The van der Waals surface area contributed by atoms with Gasteiger partial charge in [-0.3, -0.25) is 9.59 Å². The van der Waals surface area contributed by atoms with E-state index in [4.69, 9.17) is 16.7 Å². The molecule has 0 atom stereocenters. The van der Waals surface area contributed by atoms with Crippen molar-refractivity contribution in [3.8, 4) is 0 Å². The molecule has 0 unspecified atom stereocenters. The molecule has 118 valence electrons. The Morgan fingerprint density at radius 2 is 1.62 bits per heavy atom. The lowest BCUT2D eigenvalue weighted by molar-refractivity contribution is -0.137. The zero-order valence-electron chi connectivity index (χ0n) is 12.9. The van der Waals surface area contributed by atoms with Gasteiger partial charge in [0.05, 0.1) is 5.02 Å². The fourth-order valence-electron chi connectivity index (χ4n) is 1.80. The molecular formula is C17H25ClO3. The fraction of sp³-hybridized carbons (Fsp3) is 0.529. The van der Waals surface area contributed by atoms with Crippen molar-refractivity contribution in [1.82, 2.24) is 0 Å². The topological polar surface area (TPSA) is 54.4 Å². The predicted molar refractivity (Wildman–Crippen MR) is 87.1 cm³/mol. The number of aliphatic carboxylic acids is 1. The van der Waals surface area contributed by atoms with Gasteiger partial charge in [0.15, 0.2) is 5.78 Å². The number of rotatable bonds is 8. The van der Waals surface area contributed by atoms with Crippen molar-refractivity contribution in [2.75, 3.05) is 0 Å². The third-order valence-corrected chi connectivity index (χ3v) is 3.33. The molecule has 0 amide bonds. The number of benzene rings is 1. The number of ketones is 1. The number of Topliss-reactive ketones (excluding diaryl/α,β-unsaturated/α-hetero) is 1. The van der Waals surface area contributed by atoms with Gasteiger partial charge >= 0.3 is 5.97 Å². The van der Waals surface area contributed by atoms with Crippen LogP contribution in [0, 0.1) is 0 Å². The van der Waals surface area contributed by atoms with Gasteiger partial charge in [-0.25, -0.2) is 0 Å². The highest BCUT2D eigenvalue weighted by Crippen LogP contribution is 2.14. The van der Waals surface area contributed by atoms with E-state index in [1.807, 2.05) is 0 Å². The summed E-state index contributed by atoms with van der Waals surface area (Å²) in [7, 11) is 0. The van der Waals surface area contributed by atoms with Crippen molar-refractivity contribution in [2.24, 2.45) is 0 Å². The van der Waals surface area contributed by atoms with Gasteiger partial charge in [0.2, 0.25) is 0 Å².